The van der Waals surface area contributed by atoms with Crippen molar-refractivity contribution in [3.63, 3.8) is 0 Å². The molecule has 0 atom stereocenters. The second-order valence-corrected chi connectivity index (χ2v) is 5.73. The number of aromatic nitrogens is 1. The lowest BCUT2D eigenvalue weighted by Crippen LogP contribution is -2.35. The number of nitrogens with one attached hydrogen (secondary N) is 1. The SMILES string of the molecule is CC(C)(C)C(=O)CNC(=O)c1ccnc2ccccc12. The van der Waals surface area contributed by atoms with E-state index in [-0.39, 0.29) is 18.2 Å². The molecule has 104 valence electrons. The molecule has 0 aliphatic carbocycles. The van der Waals surface area contributed by atoms with E-state index in [4.69, 9.17) is 0 Å². The number of ketones is 1. The molecule has 4 nitrogen and oxygen atoms in total. The first kappa shape index (κ1) is 14.2. The number of carbonyl (C=O) groups excluding carboxylic acids is 2. The zero-order valence-electron chi connectivity index (χ0n) is 11.9. The van der Waals surface area contributed by atoms with Crippen molar-refractivity contribution in [3.05, 3.63) is 42.1 Å². The Balaban J connectivity index is 2.18. The highest BCUT2D eigenvalue weighted by Crippen LogP contribution is 2.17. The van der Waals surface area contributed by atoms with E-state index >= 15 is 0 Å². The summed E-state index contributed by atoms with van der Waals surface area (Å²) in [7, 11) is 0. The van der Waals surface area contributed by atoms with Crippen LogP contribution in [0.15, 0.2) is 36.5 Å². The Labute approximate surface area is 118 Å². The van der Waals surface area contributed by atoms with Crippen molar-refractivity contribution in [3.8, 4) is 0 Å². The molecule has 0 saturated carbocycles. The third-order valence-corrected chi connectivity index (χ3v) is 3.14. The van der Waals surface area contributed by atoms with Crippen LogP contribution in [0.5, 0.6) is 0 Å². The highest BCUT2D eigenvalue weighted by Gasteiger charge is 2.21. The summed E-state index contributed by atoms with van der Waals surface area (Å²) in [6.45, 7) is 5.55. The molecule has 2 rings (SSSR count). The lowest BCUT2D eigenvalue weighted by atomic mass is 9.91. The smallest absolute Gasteiger partial charge is 0.252 e. The van der Waals surface area contributed by atoms with E-state index in [9.17, 15) is 9.59 Å². The van der Waals surface area contributed by atoms with Crippen LogP contribution in [-0.2, 0) is 4.79 Å². The van der Waals surface area contributed by atoms with Crippen LogP contribution >= 0.6 is 0 Å². The number of amides is 1. The van der Waals surface area contributed by atoms with E-state index in [0.717, 1.165) is 10.9 Å². The molecule has 0 spiro atoms. The molecule has 0 bridgehead atoms. The van der Waals surface area contributed by atoms with Gasteiger partial charge in [-0.15, -0.1) is 0 Å². The number of para-hydroxylation sites is 1. The Kier molecular flexibility index (Phi) is 3.84. The Hall–Kier alpha value is -2.23. The van der Waals surface area contributed by atoms with Crippen LogP contribution in [0.4, 0.5) is 0 Å². The molecule has 0 aliphatic rings. The molecular weight excluding hydrogens is 252 g/mol. The van der Waals surface area contributed by atoms with Gasteiger partial charge in [-0.05, 0) is 12.1 Å². The molecule has 20 heavy (non-hydrogen) atoms. The van der Waals surface area contributed by atoms with Gasteiger partial charge in [0.25, 0.3) is 5.91 Å². The molecule has 0 saturated heterocycles. The predicted molar refractivity (Wildman–Crippen MR) is 78.5 cm³/mol. The Morgan fingerprint density at radius 3 is 2.55 bits per heavy atom. The van der Waals surface area contributed by atoms with E-state index in [1.165, 1.54) is 0 Å². The van der Waals surface area contributed by atoms with Gasteiger partial charge in [0.05, 0.1) is 17.6 Å². The maximum absolute atomic E-state index is 12.2. The number of pyridine rings is 1. The van der Waals surface area contributed by atoms with Crippen LogP contribution < -0.4 is 5.32 Å². The zero-order valence-corrected chi connectivity index (χ0v) is 11.9. The lowest BCUT2D eigenvalue weighted by Gasteiger charge is -2.16. The number of benzene rings is 1. The van der Waals surface area contributed by atoms with Gasteiger partial charge in [-0.3, -0.25) is 14.6 Å². The molecule has 2 aromatic rings. The molecule has 1 amide bonds. The highest BCUT2D eigenvalue weighted by molar-refractivity contribution is 6.07. The number of rotatable bonds is 3. The molecule has 1 N–H and O–H groups in total. The van der Waals surface area contributed by atoms with E-state index < -0.39 is 5.41 Å². The van der Waals surface area contributed by atoms with Crippen LogP contribution in [-0.4, -0.2) is 23.2 Å². The molecular formula is C16H18N2O2. The van der Waals surface area contributed by atoms with Crippen LogP contribution in [0.25, 0.3) is 10.9 Å². The van der Waals surface area contributed by atoms with E-state index in [0.29, 0.717) is 5.56 Å². The summed E-state index contributed by atoms with van der Waals surface area (Å²) < 4.78 is 0. The van der Waals surface area contributed by atoms with Crippen molar-refractivity contribution < 1.29 is 9.59 Å². The fraction of sp³-hybridized carbons (Fsp3) is 0.312. The molecule has 1 aromatic carbocycles. The van der Waals surface area contributed by atoms with Gasteiger partial charge in [0.2, 0.25) is 0 Å². The third kappa shape index (κ3) is 3.02. The van der Waals surface area contributed by atoms with Crippen LogP contribution in [0.3, 0.4) is 0 Å². The van der Waals surface area contributed by atoms with Gasteiger partial charge in [0.1, 0.15) is 0 Å². The van der Waals surface area contributed by atoms with Gasteiger partial charge in [0, 0.05) is 17.0 Å². The van der Waals surface area contributed by atoms with Crippen molar-refractivity contribution in [2.24, 2.45) is 5.41 Å². The van der Waals surface area contributed by atoms with Crippen molar-refractivity contribution in [2.75, 3.05) is 6.54 Å². The number of fused-ring (bicyclic) bond motifs is 1. The minimum absolute atomic E-state index is 0.00390. The van der Waals surface area contributed by atoms with Gasteiger partial charge in [-0.25, -0.2) is 0 Å². The summed E-state index contributed by atoms with van der Waals surface area (Å²) in [6, 6.07) is 9.11. The number of carbonyl (C=O) groups is 2. The van der Waals surface area contributed by atoms with Crippen molar-refractivity contribution in [1.29, 1.82) is 0 Å². The number of hydrogen-bond donors (Lipinski definition) is 1. The maximum Gasteiger partial charge on any atom is 0.252 e. The molecule has 0 unspecified atom stereocenters. The molecule has 0 fully saturated rings. The monoisotopic (exact) mass is 270 g/mol. The maximum atomic E-state index is 12.2. The fourth-order valence-electron chi connectivity index (χ4n) is 1.81. The summed E-state index contributed by atoms with van der Waals surface area (Å²) >= 11 is 0. The highest BCUT2D eigenvalue weighted by atomic mass is 16.2. The van der Waals surface area contributed by atoms with Gasteiger partial charge in [-0.2, -0.15) is 0 Å². The fourth-order valence-corrected chi connectivity index (χ4v) is 1.81. The minimum Gasteiger partial charge on any atom is -0.345 e. The quantitative estimate of drug-likeness (QED) is 0.932. The molecule has 4 heteroatoms. The van der Waals surface area contributed by atoms with Gasteiger partial charge < -0.3 is 5.32 Å². The Bertz CT molecular complexity index is 652. The number of hydrogen-bond acceptors (Lipinski definition) is 3. The van der Waals surface area contributed by atoms with Crippen LogP contribution in [0, 0.1) is 5.41 Å². The Morgan fingerprint density at radius 2 is 1.85 bits per heavy atom. The molecule has 0 radical (unpaired) electrons. The summed E-state index contributed by atoms with van der Waals surface area (Å²) in [6.07, 6.45) is 1.60. The molecule has 0 aliphatic heterocycles. The molecule has 1 aromatic heterocycles. The number of nitrogens with zero attached hydrogens (tertiary/aromatic N) is 1. The predicted octanol–water partition coefficient (Wildman–Crippen LogP) is 2.58. The zero-order chi connectivity index (χ0) is 14.8. The van der Waals surface area contributed by atoms with Gasteiger partial charge in [-0.1, -0.05) is 39.0 Å². The largest absolute Gasteiger partial charge is 0.345 e. The van der Waals surface area contributed by atoms with Gasteiger partial charge >= 0.3 is 0 Å². The lowest BCUT2D eigenvalue weighted by molar-refractivity contribution is -0.125. The van der Waals surface area contributed by atoms with Crippen LogP contribution in [0.1, 0.15) is 31.1 Å². The average molecular weight is 270 g/mol. The van der Waals surface area contributed by atoms with E-state index in [2.05, 4.69) is 10.3 Å². The topological polar surface area (TPSA) is 59.1 Å². The minimum atomic E-state index is -0.451. The second-order valence-electron chi connectivity index (χ2n) is 5.73. The summed E-state index contributed by atoms with van der Waals surface area (Å²) in [4.78, 5) is 28.2. The third-order valence-electron chi connectivity index (χ3n) is 3.14. The van der Waals surface area contributed by atoms with Gasteiger partial charge in [0.15, 0.2) is 5.78 Å². The average Bonchev–Trinajstić information content (AvgIpc) is 2.42. The van der Waals surface area contributed by atoms with Crippen LogP contribution in [0.2, 0.25) is 0 Å². The first-order valence-corrected chi connectivity index (χ1v) is 6.55. The summed E-state index contributed by atoms with van der Waals surface area (Å²) in [5.41, 5.74) is 0.854. The summed E-state index contributed by atoms with van der Waals surface area (Å²) in [5, 5.41) is 3.47. The van der Waals surface area contributed by atoms with Crippen molar-refractivity contribution in [2.45, 2.75) is 20.8 Å². The van der Waals surface area contributed by atoms with E-state index in [1.54, 1.807) is 12.3 Å². The molecule has 1 heterocycles. The normalized spacial score (nSPS) is 11.3. The van der Waals surface area contributed by atoms with E-state index in [1.807, 2.05) is 45.0 Å². The standard InChI is InChI=1S/C16H18N2O2/c1-16(2,3)14(19)10-18-15(20)12-8-9-17-13-7-5-4-6-11(12)13/h4-9H,10H2,1-3H3,(H,18,20). The van der Waals surface area contributed by atoms with Crippen molar-refractivity contribution in [1.82, 2.24) is 10.3 Å². The second kappa shape index (κ2) is 5.41. The van der Waals surface area contributed by atoms with Crippen molar-refractivity contribution >= 4 is 22.6 Å². The first-order valence-electron chi connectivity index (χ1n) is 6.55. The number of Topliss-reactive ketones (excluding diaryl/α,β-unsaturated/α-hetero) is 1. The Morgan fingerprint density at radius 1 is 1.15 bits per heavy atom. The first-order chi connectivity index (χ1) is 9.39. The summed E-state index contributed by atoms with van der Waals surface area (Å²) in [5.74, 6) is -0.245.